The van der Waals surface area contributed by atoms with Crippen LogP contribution in [0.15, 0.2) is 36.5 Å². The Morgan fingerprint density at radius 2 is 1.90 bits per heavy atom. The van der Waals surface area contributed by atoms with Crippen molar-refractivity contribution in [2.45, 2.75) is 19.4 Å². The van der Waals surface area contributed by atoms with Crippen LogP contribution in [0.5, 0.6) is 11.5 Å². The quantitative estimate of drug-likeness (QED) is 0.807. The van der Waals surface area contributed by atoms with E-state index in [4.69, 9.17) is 21.1 Å². The number of hydrogen-bond donors (Lipinski definition) is 1. The number of halogens is 1. The van der Waals surface area contributed by atoms with Crippen LogP contribution in [0.1, 0.15) is 24.9 Å². The van der Waals surface area contributed by atoms with Gasteiger partial charge in [0.15, 0.2) is 11.5 Å². The molecular weight excluding hydrogens is 288 g/mol. The van der Waals surface area contributed by atoms with Gasteiger partial charge < -0.3 is 14.8 Å². The van der Waals surface area contributed by atoms with E-state index in [1.165, 1.54) is 0 Å². The topological polar surface area (TPSA) is 43.4 Å². The molecule has 1 aromatic carbocycles. The third kappa shape index (κ3) is 3.79. The number of aromatic nitrogens is 1. The predicted octanol–water partition coefficient (Wildman–Crippen LogP) is 4.32. The summed E-state index contributed by atoms with van der Waals surface area (Å²) in [5.74, 6) is 1.45. The Morgan fingerprint density at radius 3 is 2.52 bits per heavy atom. The minimum Gasteiger partial charge on any atom is -0.493 e. The molecule has 1 heterocycles. The fraction of sp³-hybridized carbons (Fsp3) is 0.312. The molecule has 0 spiro atoms. The van der Waals surface area contributed by atoms with Crippen LogP contribution < -0.4 is 14.8 Å². The van der Waals surface area contributed by atoms with Gasteiger partial charge in [-0.05, 0) is 36.2 Å². The first-order valence-corrected chi connectivity index (χ1v) is 7.15. The second kappa shape index (κ2) is 7.18. The summed E-state index contributed by atoms with van der Waals surface area (Å²) in [4.78, 5) is 3.98. The lowest BCUT2D eigenvalue weighted by atomic mass is 10.0. The summed E-state index contributed by atoms with van der Waals surface area (Å²) in [5, 5.41) is 3.93. The molecule has 0 radical (unpaired) electrons. The molecule has 0 saturated heterocycles. The van der Waals surface area contributed by atoms with Gasteiger partial charge in [0.05, 0.1) is 20.3 Å². The zero-order valence-electron chi connectivity index (χ0n) is 12.4. The van der Waals surface area contributed by atoms with E-state index in [2.05, 4.69) is 17.2 Å². The van der Waals surface area contributed by atoms with Gasteiger partial charge in [-0.25, -0.2) is 4.98 Å². The molecule has 0 amide bonds. The largest absolute Gasteiger partial charge is 0.493 e. The first kappa shape index (κ1) is 15.4. The van der Waals surface area contributed by atoms with Gasteiger partial charge in [0, 0.05) is 11.9 Å². The van der Waals surface area contributed by atoms with Crippen LogP contribution in [0.3, 0.4) is 0 Å². The molecule has 112 valence electrons. The number of nitrogens with one attached hydrogen (secondary N) is 1. The Balaban J connectivity index is 2.25. The molecule has 1 unspecified atom stereocenters. The number of anilines is 1. The molecule has 1 atom stereocenters. The average molecular weight is 307 g/mol. The molecule has 0 fully saturated rings. The van der Waals surface area contributed by atoms with E-state index in [0.717, 1.165) is 29.2 Å². The van der Waals surface area contributed by atoms with Crippen molar-refractivity contribution in [3.63, 3.8) is 0 Å². The van der Waals surface area contributed by atoms with Gasteiger partial charge in [0.25, 0.3) is 0 Å². The number of ether oxygens (including phenoxy) is 2. The van der Waals surface area contributed by atoms with E-state index in [9.17, 15) is 0 Å². The van der Waals surface area contributed by atoms with E-state index in [0.29, 0.717) is 5.15 Å². The smallest absolute Gasteiger partial charge is 0.161 e. The number of hydrogen-bond acceptors (Lipinski definition) is 4. The molecular formula is C16H19ClN2O2. The summed E-state index contributed by atoms with van der Waals surface area (Å²) in [6.07, 6.45) is 2.61. The summed E-state index contributed by atoms with van der Waals surface area (Å²) in [6, 6.07) is 9.80. The molecule has 2 aromatic rings. The molecule has 0 saturated carbocycles. The number of pyridine rings is 1. The Kier molecular flexibility index (Phi) is 5.28. The van der Waals surface area contributed by atoms with Crippen molar-refractivity contribution in [1.82, 2.24) is 4.98 Å². The van der Waals surface area contributed by atoms with Crippen LogP contribution in [-0.2, 0) is 0 Å². The zero-order chi connectivity index (χ0) is 15.2. The Bertz CT molecular complexity index is 605. The van der Waals surface area contributed by atoms with E-state index in [1.54, 1.807) is 20.4 Å². The maximum absolute atomic E-state index is 5.92. The SMILES string of the molecule is CCC(Nc1ccnc(Cl)c1)c1ccc(OC)c(OC)c1. The van der Waals surface area contributed by atoms with Crippen LogP contribution in [-0.4, -0.2) is 19.2 Å². The molecule has 5 heteroatoms. The minimum atomic E-state index is 0.156. The highest BCUT2D eigenvalue weighted by atomic mass is 35.5. The van der Waals surface area contributed by atoms with Crippen LogP contribution in [0.25, 0.3) is 0 Å². The first-order chi connectivity index (χ1) is 10.2. The minimum absolute atomic E-state index is 0.156. The average Bonchev–Trinajstić information content (AvgIpc) is 2.52. The second-order valence-electron chi connectivity index (χ2n) is 4.59. The predicted molar refractivity (Wildman–Crippen MR) is 85.4 cm³/mol. The number of methoxy groups -OCH3 is 2. The van der Waals surface area contributed by atoms with Crippen molar-refractivity contribution < 1.29 is 9.47 Å². The molecule has 2 rings (SSSR count). The first-order valence-electron chi connectivity index (χ1n) is 6.78. The fourth-order valence-electron chi connectivity index (χ4n) is 2.18. The maximum atomic E-state index is 5.92. The van der Waals surface area contributed by atoms with Crippen molar-refractivity contribution in [3.8, 4) is 11.5 Å². The Morgan fingerprint density at radius 1 is 1.14 bits per heavy atom. The number of benzene rings is 1. The van der Waals surface area contributed by atoms with Crippen molar-refractivity contribution in [3.05, 3.63) is 47.2 Å². The highest BCUT2D eigenvalue weighted by Gasteiger charge is 2.13. The van der Waals surface area contributed by atoms with Crippen molar-refractivity contribution in [2.24, 2.45) is 0 Å². The molecule has 1 N–H and O–H groups in total. The molecule has 0 bridgehead atoms. The lowest BCUT2D eigenvalue weighted by Crippen LogP contribution is -2.10. The van der Waals surface area contributed by atoms with Crippen LogP contribution in [0.2, 0.25) is 5.15 Å². The highest BCUT2D eigenvalue weighted by Crippen LogP contribution is 2.32. The van der Waals surface area contributed by atoms with E-state index in [1.807, 2.05) is 30.3 Å². The van der Waals surface area contributed by atoms with Crippen LogP contribution >= 0.6 is 11.6 Å². The molecule has 0 aliphatic rings. The van der Waals surface area contributed by atoms with Gasteiger partial charge in [-0.15, -0.1) is 0 Å². The van der Waals surface area contributed by atoms with E-state index >= 15 is 0 Å². The van der Waals surface area contributed by atoms with Crippen molar-refractivity contribution >= 4 is 17.3 Å². The third-order valence-corrected chi connectivity index (χ3v) is 3.49. The summed E-state index contributed by atoms with van der Waals surface area (Å²) in [7, 11) is 3.27. The second-order valence-corrected chi connectivity index (χ2v) is 4.97. The van der Waals surface area contributed by atoms with E-state index in [-0.39, 0.29) is 6.04 Å². The lowest BCUT2D eigenvalue weighted by Gasteiger charge is -2.20. The molecule has 21 heavy (non-hydrogen) atoms. The van der Waals surface area contributed by atoms with Crippen LogP contribution in [0.4, 0.5) is 5.69 Å². The fourth-order valence-corrected chi connectivity index (χ4v) is 2.36. The Hall–Kier alpha value is -1.94. The van der Waals surface area contributed by atoms with Gasteiger partial charge in [0.2, 0.25) is 0 Å². The van der Waals surface area contributed by atoms with Gasteiger partial charge in [-0.2, -0.15) is 0 Å². The molecule has 0 aliphatic carbocycles. The number of rotatable bonds is 6. The number of nitrogens with zero attached hydrogens (tertiary/aromatic N) is 1. The van der Waals surface area contributed by atoms with Crippen molar-refractivity contribution in [1.29, 1.82) is 0 Å². The molecule has 1 aromatic heterocycles. The summed E-state index contributed by atoms with van der Waals surface area (Å²) >= 11 is 5.92. The Labute approximate surface area is 130 Å². The highest BCUT2D eigenvalue weighted by molar-refractivity contribution is 6.29. The van der Waals surface area contributed by atoms with Crippen LogP contribution in [0, 0.1) is 0 Å². The van der Waals surface area contributed by atoms with E-state index < -0.39 is 0 Å². The third-order valence-electron chi connectivity index (χ3n) is 3.29. The summed E-state index contributed by atoms with van der Waals surface area (Å²) in [5.41, 5.74) is 2.07. The van der Waals surface area contributed by atoms with Crippen molar-refractivity contribution in [2.75, 3.05) is 19.5 Å². The zero-order valence-corrected chi connectivity index (χ0v) is 13.1. The maximum Gasteiger partial charge on any atom is 0.161 e. The monoisotopic (exact) mass is 306 g/mol. The van der Waals surface area contributed by atoms with Gasteiger partial charge in [0.1, 0.15) is 5.15 Å². The molecule has 0 aliphatic heterocycles. The standard InChI is InChI=1S/C16H19ClN2O2/c1-4-13(19-12-7-8-18-16(17)10-12)11-5-6-14(20-2)15(9-11)21-3/h5-10,13H,4H2,1-3H3,(H,18,19). The van der Waals surface area contributed by atoms with Gasteiger partial charge >= 0.3 is 0 Å². The lowest BCUT2D eigenvalue weighted by molar-refractivity contribution is 0.354. The summed E-state index contributed by atoms with van der Waals surface area (Å²) < 4.78 is 10.6. The molecule has 4 nitrogen and oxygen atoms in total. The van der Waals surface area contributed by atoms with Gasteiger partial charge in [-0.3, -0.25) is 0 Å². The van der Waals surface area contributed by atoms with Gasteiger partial charge in [-0.1, -0.05) is 24.6 Å². The normalized spacial score (nSPS) is 11.8. The summed E-state index contributed by atoms with van der Waals surface area (Å²) in [6.45, 7) is 2.12.